The van der Waals surface area contributed by atoms with Crippen molar-refractivity contribution in [1.29, 1.82) is 0 Å². The first kappa shape index (κ1) is 11.4. The maximum absolute atomic E-state index is 5.68. The number of rotatable bonds is 7. The Morgan fingerprint density at radius 3 is 2.67 bits per heavy atom. The fraction of sp³-hybridized carbons (Fsp3) is 1.00. The van der Waals surface area contributed by atoms with Gasteiger partial charge in [0.2, 0.25) is 0 Å². The van der Waals surface area contributed by atoms with Crippen LogP contribution in [-0.2, 0) is 0 Å². The fourth-order valence-electron chi connectivity index (χ4n) is 2.24. The van der Waals surface area contributed by atoms with E-state index < -0.39 is 0 Å². The van der Waals surface area contributed by atoms with Gasteiger partial charge in [-0.1, -0.05) is 0 Å². The zero-order valence-electron chi connectivity index (χ0n) is 10.00. The van der Waals surface area contributed by atoms with Crippen molar-refractivity contribution in [3.63, 3.8) is 0 Å². The van der Waals surface area contributed by atoms with Crippen LogP contribution in [0.25, 0.3) is 0 Å². The van der Waals surface area contributed by atoms with Crippen LogP contribution in [0.4, 0.5) is 0 Å². The Morgan fingerprint density at radius 1 is 1.33 bits per heavy atom. The van der Waals surface area contributed by atoms with Crippen molar-refractivity contribution in [2.45, 2.75) is 51.2 Å². The molecule has 0 saturated heterocycles. The molecular formula is C12H25N3. The van der Waals surface area contributed by atoms with E-state index >= 15 is 0 Å². The molecule has 4 N–H and O–H groups in total. The number of nitrogens with one attached hydrogen (secondary N) is 2. The first-order valence-electron chi connectivity index (χ1n) is 6.39. The zero-order valence-corrected chi connectivity index (χ0v) is 10.00. The Bertz CT molecular complexity index is 201. The van der Waals surface area contributed by atoms with E-state index in [1.807, 2.05) is 6.92 Å². The lowest BCUT2D eigenvalue weighted by Gasteiger charge is -2.12. The summed E-state index contributed by atoms with van der Waals surface area (Å²) in [5.41, 5.74) is 5.68. The minimum absolute atomic E-state index is 0.278. The van der Waals surface area contributed by atoms with Crippen LogP contribution in [0.15, 0.2) is 0 Å². The number of hydrogen-bond acceptors (Lipinski definition) is 3. The summed E-state index contributed by atoms with van der Waals surface area (Å²) >= 11 is 0. The lowest BCUT2D eigenvalue weighted by molar-refractivity contribution is 0.469. The predicted octanol–water partition coefficient (Wildman–Crippen LogP) is 0.700. The quantitative estimate of drug-likeness (QED) is 0.581. The minimum atomic E-state index is 0.278. The van der Waals surface area contributed by atoms with Crippen LogP contribution in [0.3, 0.4) is 0 Å². The summed E-state index contributed by atoms with van der Waals surface area (Å²) in [4.78, 5) is 0. The molecule has 2 aliphatic rings. The third-order valence-electron chi connectivity index (χ3n) is 3.60. The van der Waals surface area contributed by atoms with E-state index in [0.29, 0.717) is 0 Å². The van der Waals surface area contributed by atoms with Crippen LogP contribution in [0, 0.1) is 11.8 Å². The van der Waals surface area contributed by atoms with Crippen LogP contribution in [0.1, 0.15) is 33.1 Å². The zero-order chi connectivity index (χ0) is 10.8. The Kier molecular flexibility index (Phi) is 3.65. The predicted molar refractivity (Wildman–Crippen MR) is 63.7 cm³/mol. The van der Waals surface area contributed by atoms with Gasteiger partial charge in [0, 0.05) is 24.7 Å². The van der Waals surface area contributed by atoms with Crippen molar-refractivity contribution >= 4 is 0 Å². The first-order valence-corrected chi connectivity index (χ1v) is 6.39. The smallest absolute Gasteiger partial charge is 0.0136 e. The lowest BCUT2D eigenvalue weighted by Crippen LogP contribution is -2.35. The van der Waals surface area contributed by atoms with Crippen molar-refractivity contribution in [2.24, 2.45) is 17.6 Å². The van der Waals surface area contributed by atoms with E-state index in [1.165, 1.54) is 19.3 Å². The van der Waals surface area contributed by atoms with E-state index in [4.69, 9.17) is 5.73 Å². The summed E-state index contributed by atoms with van der Waals surface area (Å²) in [5, 5.41) is 7.16. The summed E-state index contributed by atoms with van der Waals surface area (Å²) in [6.45, 7) is 6.46. The van der Waals surface area contributed by atoms with E-state index in [-0.39, 0.29) is 6.04 Å². The second-order valence-electron chi connectivity index (χ2n) is 5.53. The van der Waals surface area contributed by atoms with Crippen molar-refractivity contribution in [1.82, 2.24) is 10.6 Å². The van der Waals surface area contributed by atoms with Gasteiger partial charge in [-0.3, -0.25) is 0 Å². The van der Waals surface area contributed by atoms with E-state index in [1.54, 1.807) is 0 Å². The molecule has 2 saturated carbocycles. The summed E-state index contributed by atoms with van der Waals surface area (Å²) in [5.74, 6) is 1.83. The second-order valence-corrected chi connectivity index (χ2v) is 5.53. The first-order chi connectivity index (χ1) is 7.16. The molecular weight excluding hydrogens is 186 g/mol. The summed E-state index contributed by atoms with van der Waals surface area (Å²) in [6.07, 6.45) is 4.23. The Hall–Kier alpha value is -0.120. The summed E-state index contributed by atoms with van der Waals surface area (Å²) in [7, 11) is 0. The Balaban J connectivity index is 1.51. The Labute approximate surface area is 93.2 Å². The van der Waals surface area contributed by atoms with Crippen LogP contribution < -0.4 is 16.4 Å². The minimum Gasteiger partial charge on any atom is -0.327 e. The van der Waals surface area contributed by atoms with E-state index in [0.717, 1.165) is 37.0 Å². The summed E-state index contributed by atoms with van der Waals surface area (Å²) in [6, 6.07) is 1.80. The topological polar surface area (TPSA) is 50.1 Å². The molecule has 0 aliphatic heterocycles. The molecule has 0 spiro atoms. The molecule has 2 fully saturated rings. The van der Waals surface area contributed by atoms with Crippen molar-refractivity contribution in [2.75, 3.05) is 13.1 Å². The molecule has 15 heavy (non-hydrogen) atoms. The fourth-order valence-corrected chi connectivity index (χ4v) is 2.24. The molecule has 3 heteroatoms. The van der Waals surface area contributed by atoms with Crippen LogP contribution in [0.5, 0.6) is 0 Å². The van der Waals surface area contributed by atoms with Gasteiger partial charge in [-0.25, -0.2) is 0 Å². The molecule has 0 aromatic rings. The highest BCUT2D eigenvalue weighted by Crippen LogP contribution is 2.36. The maximum Gasteiger partial charge on any atom is 0.0136 e. The second kappa shape index (κ2) is 4.81. The normalized spacial score (nSPS) is 33.8. The van der Waals surface area contributed by atoms with Gasteiger partial charge < -0.3 is 16.4 Å². The molecule has 4 atom stereocenters. The third kappa shape index (κ3) is 3.74. The molecule has 88 valence electrons. The molecule has 3 nitrogen and oxygen atoms in total. The van der Waals surface area contributed by atoms with Gasteiger partial charge in [0.25, 0.3) is 0 Å². The average molecular weight is 211 g/mol. The van der Waals surface area contributed by atoms with Gasteiger partial charge in [-0.05, 0) is 51.5 Å². The Morgan fingerprint density at radius 2 is 2.07 bits per heavy atom. The van der Waals surface area contributed by atoms with Gasteiger partial charge in [-0.2, -0.15) is 0 Å². The molecule has 0 aromatic carbocycles. The molecule has 2 rings (SSSR count). The van der Waals surface area contributed by atoms with Gasteiger partial charge in [0.1, 0.15) is 0 Å². The third-order valence-corrected chi connectivity index (χ3v) is 3.60. The van der Waals surface area contributed by atoms with Gasteiger partial charge in [-0.15, -0.1) is 0 Å². The van der Waals surface area contributed by atoms with Crippen molar-refractivity contribution < 1.29 is 0 Å². The average Bonchev–Trinajstić information content (AvgIpc) is 2.95. The molecule has 0 aromatic heterocycles. The van der Waals surface area contributed by atoms with Crippen LogP contribution in [0.2, 0.25) is 0 Å². The largest absolute Gasteiger partial charge is 0.327 e. The lowest BCUT2D eigenvalue weighted by atomic mass is 10.2. The molecule has 0 radical (unpaired) electrons. The molecule has 0 amide bonds. The molecule has 0 heterocycles. The highest BCUT2D eigenvalue weighted by Gasteiger charge is 2.39. The van der Waals surface area contributed by atoms with E-state index in [2.05, 4.69) is 17.6 Å². The SMILES string of the molecule is CC(N)CNCC1CC1N[C@@H](C)C1CC1. The van der Waals surface area contributed by atoms with Gasteiger partial charge in [0.05, 0.1) is 0 Å². The van der Waals surface area contributed by atoms with Crippen LogP contribution in [-0.4, -0.2) is 31.2 Å². The van der Waals surface area contributed by atoms with Crippen LogP contribution >= 0.6 is 0 Å². The highest BCUT2D eigenvalue weighted by molar-refractivity contribution is 4.98. The van der Waals surface area contributed by atoms with Gasteiger partial charge >= 0.3 is 0 Å². The molecule has 2 aliphatic carbocycles. The number of nitrogens with two attached hydrogens (primary N) is 1. The van der Waals surface area contributed by atoms with E-state index in [9.17, 15) is 0 Å². The molecule has 0 bridgehead atoms. The molecule has 3 unspecified atom stereocenters. The van der Waals surface area contributed by atoms with Gasteiger partial charge in [0.15, 0.2) is 0 Å². The highest BCUT2D eigenvalue weighted by atomic mass is 15.0. The summed E-state index contributed by atoms with van der Waals surface area (Å²) < 4.78 is 0. The van der Waals surface area contributed by atoms with Crippen molar-refractivity contribution in [3.8, 4) is 0 Å². The monoisotopic (exact) mass is 211 g/mol. The maximum atomic E-state index is 5.68. The van der Waals surface area contributed by atoms with Crippen molar-refractivity contribution in [3.05, 3.63) is 0 Å². The number of hydrogen-bond donors (Lipinski definition) is 3. The standard InChI is InChI=1S/C12H25N3/c1-8(13)6-14-7-11-5-12(11)15-9(2)10-3-4-10/h8-12,14-15H,3-7,13H2,1-2H3/t8?,9-,11?,12?/m0/s1.